The molecule has 0 heterocycles. The summed E-state index contributed by atoms with van der Waals surface area (Å²) in [5, 5.41) is 2.54. The number of carbonyl (C=O) groups excluding carboxylic acids is 2. The van der Waals surface area contributed by atoms with Gasteiger partial charge < -0.3 is 15.0 Å². The predicted octanol–water partition coefficient (Wildman–Crippen LogP) is 2.15. The van der Waals surface area contributed by atoms with Gasteiger partial charge in [-0.05, 0) is 36.2 Å². The molecule has 2 aromatic carbocycles. The van der Waals surface area contributed by atoms with Crippen molar-refractivity contribution in [2.24, 2.45) is 0 Å². The van der Waals surface area contributed by atoms with Crippen molar-refractivity contribution in [3.8, 4) is 5.75 Å². The summed E-state index contributed by atoms with van der Waals surface area (Å²) in [5.74, 6) is -0.942. The Bertz CT molecular complexity index is 1040. The van der Waals surface area contributed by atoms with Gasteiger partial charge in [0.25, 0.3) is 0 Å². The fourth-order valence-corrected chi connectivity index (χ4v) is 4.09. The molecule has 0 fully saturated rings. The van der Waals surface area contributed by atoms with Crippen molar-refractivity contribution >= 4 is 27.5 Å². The van der Waals surface area contributed by atoms with Gasteiger partial charge in [-0.25, -0.2) is 12.8 Å². The Morgan fingerprint density at radius 3 is 2.34 bits per heavy atom. The Morgan fingerprint density at radius 2 is 1.81 bits per heavy atom. The topological polar surface area (TPSA) is 96.0 Å². The molecule has 174 valence electrons. The third-order valence-corrected chi connectivity index (χ3v) is 6.06. The molecule has 0 spiro atoms. The highest BCUT2D eigenvalue weighted by atomic mass is 32.2. The first kappa shape index (κ1) is 25.1. The van der Waals surface area contributed by atoms with E-state index in [0.717, 1.165) is 10.6 Å². The second-order valence-corrected chi connectivity index (χ2v) is 9.06. The normalized spacial score (nSPS) is 12.0. The van der Waals surface area contributed by atoms with E-state index in [1.54, 1.807) is 25.1 Å². The van der Waals surface area contributed by atoms with Crippen LogP contribution in [0.4, 0.5) is 10.1 Å². The molecule has 0 aliphatic rings. The molecule has 0 radical (unpaired) electrons. The number of sulfonamides is 1. The molecule has 32 heavy (non-hydrogen) atoms. The second kappa shape index (κ2) is 10.9. The standard InChI is InChI=1S/C22H28FN3O5S/c1-5-20(22(28)24-2)25(14-16-9-11-17(23)12-10-16)21(27)15-26(32(4,29)30)18-7-6-8-19(13-18)31-3/h6-13,20H,5,14-15H2,1-4H3,(H,24,28)/t20-/m1/s1. The van der Waals surface area contributed by atoms with Crippen molar-refractivity contribution < 1.29 is 27.1 Å². The highest BCUT2D eigenvalue weighted by Crippen LogP contribution is 2.24. The van der Waals surface area contributed by atoms with E-state index in [1.807, 2.05) is 0 Å². The molecule has 1 N–H and O–H groups in total. The zero-order valence-corrected chi connectivity index (χ0v) is 19.4. The summed E-state index contributed by atoms with van der Waals surface area (Å²) >= 11 is 0. The lowest BCUT2D eigenvalue weighted by Gasteiger charge is -2.32. The van der Waals surface area contributed by atoms with Gasteiger partial charge in [-0.1, -0.05) is 25.1 Å². The molecule has 10 heteroatoms. The molecule has 8 nitrogen and oxygen atoms in total. The number of likely N-dealkylation sites (N-methyl/N-ethyl adjacent to an activating group) is 1. The third kappa shape index (κ3) is 6.43. The van der Waals surface area contributed by atoms with Crippen molar-refractivity contribution in [2.45, 2.75) is 25.9 Å². The maximum Gasteiger partial charge on any atom is 0.244 e. The van der Waals surface area contributed by atoms with Crippen LogP contribution in [0.1, 0.15) is 18.9 Å². The van der Waals surface area contributed by atoms with Crippen LogP contribution in [-0.2, 0) is 26.2 Å². The van der Waals surface area contributed by atoms with Crippen molar-refractivity contribution in [1.82, 2.24) is 10.2 Å². The van der Waals surface area contributed by atoms with Crippen LogP contribution in [0.2, 0.25) is 0 Å². The van der Waals surface area contributed by atoms with Crippen LogP contribution in [-0.4, -0.2) is 58.1 Å². The van der Waals surface area contributed by atoms with E-state index < -0.39 is 34.3 Å². The lowest BCUT2D eigenvalue weighted by molar-refractivity contribution is -0.140. The van der Waals surface area contributed by atoms with Gasteiger partial charge in [0.2, 0.25) is 21.8 Å². The average Bonchev–Trinajstić information content (AvgIpc) is 2.77. The fourth-order valence-electron chi connectivity index (χ4n) is 3.25. The first-order chi connectivity index (χ1) is 15.1. The van der Waals surface area contributed by atoms with Gasteiger partial charge in [0.15, 0.2) is 0 Å². The maximum atomic E-state index is 13.4. The van der Waals surface area contributed by atoms with Crippen LogP contribution in [0.3, 0.4) is 0 Å². The van der Waals surface area contributed by atoms with Crippen molar-refractivity contribution in [3.63, 3.8) is 0 Å². The van der Waals surface area contributed by atoms with E-state index in [4.69, 9.17) is 4.74 Å². The maximum absolute atomic E-state index is 13.4. The monoisotopic (exact) mass is 465 g/mol. The summed E-state index contributed by atoms with van der Waals surface area (Å²) in [6, 6.07) is 11.1. The Balaban J connectivity index is 2.42. The summed E-state index contributed by atoms with van der Waals surface area (Å²) < 4.78 is 44.5. The van der Waals surface area contributed by atoms with Crippen LogP contribution in [0.15, 0.2) is 48.5 Å². The number of carbonyl (C=O) groups is 2. The largest absolute Gasteiger partial charge is 0.497 e. The summed E-state index contributed by atoms with van der Waals surface area (Å²) in [4.78, 5) is 27.1. The minimum atomic E-state index is -3.83. The predicted molar refractivity (Wildman–Crippen MR) is 120 cm³/mol. The van der Waals surface area contributed by atoms with Gasteiger partial charge in [0.05, 0.1) is 19.1 Å². The molecule has 1 atom stereocenters. The Kier molecular flexibility index (Phi) is 8.59. The molecule has 0 aromatic heterocycles. The van der Waals surface area contributed by atoms with E-state index in [1.165, 1.54) is 49.4 Å². The molecule has 0 saturated carbocycles. The molecule has 0 aliphatic carbocycles. The van der Waals surface area contributed by atoms with Gasteiger partial charge in [0, 0.05) is 19.7 Å². The Labute approximate surface area is 188 Å². The zero-order chi connectivity index (χ0) is 23.9. The number of nitrogens with one attached hydrogen (secondary N) is 1. The summed E-state index contributed by atoms with van der Waals surface area (Å²) in [5.41, 5.74) is 0.865. The SMILES string of the molecule is CC[C@H](C(=O)NC)N(Cc1ccc(F)cc1)C(=O)CN(c1cccc(OC)c1)S(C)(=O)=O. The molecular formula is C22H28FN3O5S. The number of halogens is 1. The second-order valence-electron chi connectivity index (χ2n) is 7.16. The molecule has 0 aliphatic heterocycles. The lowest BCUT2D eigenvalue weighted by Crippen LogP contribution is -2.51. The Morgan fingerprint density at radius 1 is 1.16 bits per heavy atom. The molecule has 2 rings (SSSR count). The molecule has 2 aromatic rings. The Hall–Kier alpha value is -3.14. The van der Waals surface area contributed by atoms with Crippen LogP contribution in [0.5, 0.6) is 5.75 Å². The highest BCUT2D eigenvalue weighted by Gasteiger charge is 2.31. The molecular weight excluding hydrogens is 437 g/mol. The molecule has 2 amide bonds. The fraction of sp³-hybridized carbons (Fsp3) is 0.364. The first-order valence-electron chi connectivity index (χ1n) is 9.98. The number of ether oxygens (including phenoxy) is 1. The molecule has 0 unspecified atom stereocenters. The van der Waals surface area contributed by atoms with Crippen molar-refractivity contribution in [3.05, 3.63) is 59.9 Å². The molecule has 0 saturated heterocycles. The number of anilines is 1. The van der Waals surface area contributed by atoms with E-state index in [-0.39, 0.29) is 18.1 Å². The average molecular weight is 466 g/mol. The highest BCUT2D eigenvalue weighted by molar-refractivity contribution is 7.92. The zero-order valence-electron chi connectivity index (χ0n) is 18.5. The number of hydrogen-bond donors (Lipinski definition) is 1. The summed E-state index contributed by atoms with van der Waals surface area (Å²) in [6.45, 7) is 1.25. The smallest absolute Gasteiger partial charge is 0.244 e. The van der Waals surface area contributed by atoms with Crippen LogP contribution in [0, 0.1) is 5.82 Å². The van der Waals surface area contributed by atoms with E-state index >= 15 is 0 Å². The van der Waals surface area contributed by atoms with Crippen molar-refractivity contribution in [1.29, 1.82) is 0 Å². The number of hydrogen-bond acceptors (Lipinski definition) is 5. The third-order valence-electron chi connectivity index (χ3n) is 4.92. The minimum absolute atomic E-state index is 0.0146. The lowest BCUT2D eigenvalue weighted by atomic mass is 10.1. The molecule has 0 bridgehead atoms. The number of nitrogens with zero attached hydrogens (tertiary/aromatic N) is 2. The van der Waals surface area contributed by atoms with Gasteiger partial charge >= 0.3 is 0 Å². The quantitative estimate of drug-likeness (QED) is 0.580. The van der Waals surface area contributed by atoms with Gasteiger partial charge in [-0.2, -0.15) is 0 Å². The number of rotatable bonds is 10. The summed E-state index contributed by atoms with van der Waals surface area (Å²) in [7, 11) is -0.912. The van der Waals surface area contributed by atoms with Gasteiger partial charge in [-0.3, -0.25) is 13.9 Å². The van der Waals surface area contributed by atoms with Gasteiger partial charge in [-0.15, -0.1) is 0 Å². The summed E-state index contributed by atoms with van der Waals surface area (Å²) in [6.07, 6.45) is 1.31. The van der Waals surface area contributed by atoms with Gasteiger partial charge in [0.1, 0.15) is 24.2 Å². The number of benzene rings is 2. The minimum Gasteiger partial charge on any atom is -0.497 e. The van der Waals surface area contributed by atoms with Crippen LogP contribution < -0.4 is 14.4 Å². The van der Waals surface area contributed by atoms with Crippen LogP contribution in [0.25, 0.3) is 0 Å². The van der Waals surface area contributed by atoms with E-state index in [2.05, 4.69) is 5.32 Å². The van der Waals surface area contributed by atoms with Crippen LogP contribution >= 0.6 is 0 Å². The van der Waals surface area contributed by atoms with Crippen molar-refractivity contribution in [2.75, 3.05) is 31.3 Å². The number of amides is 2. The number of methoxy groups -OCH3 is 1. The van der Waals surface area contributed by atoms with E-state index in [9.17, 15) is 22.4 Å². The van der Waals surface area contributed by atoms with E-state index in [0.29, 0.717) is 17.7 Å². The first-order valence-corrected chi connectivity index (χ1v) is 11.8.